The van der Waals surface area contributed by atoms with Gasteiger partial charge in [-0.2, -0.15) is 0 Å². The van der Waals surface area contributed by atoms with Crippen molar-refractivity contribution in [3.63, 3.8) is 0 Å². The maximum atomic E-state index is 12.7. The summed E-state index contributed by atoms with van der Waals surface area (Å²) in [6, 6.07) is 1.04. The Morgan fingerprint density at radius 2 is 2.00 bits per heavy atom. The van der Waals surface area contributed by atoms with E-state index in [9.17, 15) is 8.78 Å². The van der Waals surface area contributed by atoms with Gasteiger partial charge in [-0.05, 0) is 13.0 Å². The van der Waals surface area contributed by atoms with Crippen molar-refractivity contribution < 1.29 is 13.9 Å². The quantitative estimate of drug-likeness (QED) is 0.678. The molecule has 4 heteroatoms. The maximum Gasteiger partial charge on any atom is 0.168 e. The first-order valence-corrected chi connectivity index (χ1v) is 3.46. The van der Waals surface area contributed by atoms with Crippen LogP contribution in [0, 0.1) is 11.6 Å². The average Bonchev–Trinajstić information content (AvgIpc) is 1.96. The molecule has 2 nitrogen and oxygen atoms in total. The molecule has 0 bridgehead atoms. The first kappa shape index (κ1) is 8.93. The van der Waals surface area contributed by atoms with Crippen molar-refractivity contribution in [1.29, 1.82) is 0 Å². The Bertz CT molecular complexity index is 299. The highest BCUT2D eigenvalue weighted by molar-refractivity contribution is 5.36. The number of phenolic OH excluding ortho intramolecular Hbond substituents is 1. The normalized spacial score (nSPS) is 13.0. The third kappa shape index (κ3) is 1.53. The van der Waals surface area contributed by atoms with Crippen LogP contribution in [0.1, 0.15) is 18.5 Å². The average molecular weight is 173 g/mol. The summed E-state index contributed by atoms with van der Waals surface area (Å²) < 4.78 is 25.2. The smallest absolute Gasteiger partial charge is 0.168 e. The molecular formula is C8H9F2NO. The number of hydrogen-bond acceptors (Lipinski definition) is 2. The monoisotopic (exact) mass is 173 g/mol. The first-order chi connectivity index (χ1) is 5.52. The zero-order valence-corrected chi connectivity index (χ0v) is 6.51. The fourth-order valence-electron chi connectivity index (χ4n) is 0.933. The van der Waals surface area contributed by atoms with Crippen LogP contribution in [0.5, 0.6) is 5.75 Å². The molecule has 0 saturated heterocycles. The molecule has 12 heavy (non-hydrogen) atoms. The molecule has 0 radical (unpaired) electrons. The highest BCUT2D eigenvalue weighted by atomic mass is 19.1. The molecule has 3 N–H and O–H groups in total. The summed E-state index contributed by atoms with van der Waals surface area (Å²) in [4.78, 5) is 0. The van der Waals surface area contributed by atoms with Crippen LogP contribution in [0.4, 0.5) is 8.78 Å². The van der Waals surface area contributed by atoms with Gasteiger partial charge in [0.2, 0.25) is 0 Å². The summed E-state index contributed by atoms with van der Waals surface area (Å²) in [6.45, 7) is 1.54. The Kier molecular flexibility index (Phi) is 2.28. The van der Waals surface area contributed by atoms with Gasteiger partial charge in [0.05, 0.1) is 0 Å². The Morgan fingerprint density at radius 1 is 1.42 bits per heavy atom. The van der Waals surface area contributed by atoms with Gasteiger partial charge in [-0.15, -0.1) is 0 Å². The minimum absolute atomic E-state index is 0.0764. The summed E-state index contributed by atoms with van der Waals surface area (Å²) in [6.07, 6.45) is 0. The van der Waals surface area contributed by atoms with E-state index in [1.165, 1.54) is 6.92 Å². The third-order valence-corrected chi connectivity index (χ3v) is 1.55. The van der Waals surface area contributed by atoms with E-state index >= 15 is 0 Å². The fourth-order valence-corrected chi connectivity index (χ4v) is 0.933. The predicted octanol–water partition coefficient (Wildman–Crippen LogP) is 1.69. The third-order valence-electron chi connectivity index (χ3n) is 1.55. The van der Waals surface area contributed by atoms with Crippen molar-refractivity contribution in [2.75, 3.05) is 0 Å². The van der Waals surface area contributed by atoms with E-state index in [-0.39, 0.29) is 5.56 Å². The van der Waals surface area contributed by atoms with Crippen LogP contribution in [0.25, 0.3) is 0 Å². The number of rotatable bonds is 1. The van der Waals surface area contributed by atoms with E-state index in [4.69, 9.17) is 10.8 Å². The molecule has 0 aromatic heterocycles. The summed E-state index contributed by atoms with van der Waals surface area (Å²) >= 11 is 0. The lowest BCUT2D eigenvalue weighted by Crippen LogP contribution is -2.06. The Morgan fingerprint density at radius 3 is 2.50 bits per heavy atom. The predicted molar refractivity (Wildman–Crippen MR) is 40.6 cm³/mol. The van der Waals surface area contributed by atoms with Crippen LogP contribution < -0.4 is 5.73 Å². The van der Waals surface area contributed by atoms with E-state index in [1.54, 1.807) is 0 Å². The molecule has 1 atom stereocenters. The van der Waals surface area contributed by atoms with Gasteiger partial charge in [0, 0.05) is 17.7 Å². The van der Waals surface area contributed by atoms with Gasteiger partial charge >= 0.3 is 0 Å². The maximum absolute atomic E-state index is 12.7. The largest absolute Gasteiger partial charge is 0.505 e. The number of aromatic hydroxyl groups is 1. The second kappa shape index (κ2) is 3.06. The summed E-state index contributed by atoms with van der Waals surface area (Å²) in [5, 5.41) is 9.07. The van der Waals surface area contributed by atoms with Gasteiger partial charge in [0.1, 0.15) is 5.82 Å². The van der Waals surface area contributed by atoms with Gasteiger partial charge in [0.25, 0.3) is 0 Å². The van der Waals surface area contributed by atoms with Crippen LogP contribution in [0.3, 0.4) is 0 Å². The molecule has 0 spiro atoms. The van der Waals surface area contributed by atoms with Crippen LogP contribution >= 0.6 is 0 Å². The highest BCUT2D eigenvalue weighted by Crippen LogP contribution is 2.26. The first-order valence-electron chi connectivity index (χ1n) is 3.46. The lowest BCUT2D eigenvalue weighted by molar-refractivity contribution is 0.417. The molecule has 1 aromatic rings. The molecule has 66 valence electrons. The van der Waals surface area contributed by atoms with E-state index < -0.39 is 23.4 Å². The molecule has 0 heterocycles. The molecule has 0 fully saturated rings. The van der Waals surface area contributed by atoms with Crippen LogP contribution in [0.15, 0.2) is 12.1 Å². The van der Waals surface area contributed by atoms with Crippen molar-refractivity contribution in [3.8, 4) is 5.75 Å². The van der Waals surface area contributed by atoms with E-state index in [0.29, 0.717) is 6.07 Å². The van der Waals surface area contributed by atoms with Gasteiger partial charge in [-0.1, -0.05) is 0 Å². The van der Waals surface area contributed by atoms with Crippen molar-refractivity contribution in [1.82, 2.24) is 0 Å². The molecule has 0 unspecified atom stereocenters. The van der Waals surface area contributed by atoms with Gasteiger partial charge in [-0.25, -0.2) is 8.78 Å². The van der Waals surface area contributed by atoms with Crippen molar-refractivity contribution in [3.05, 3.63) is 29.3 Å². The molecule has 0 saturated carbocycles. The molecular weight excluding hydrogens is 164 g/mol. The lowest BCUT2D eigenvalue weighted by Gasteiger charge is -2.08. The van der Waals surface area contributed by atoms with E-state index in [2.05, 4.69) is 0 Å². The van der Waals surface area contributed by atoms with Crippen LogP contribution in [-0.2, 0) is 0 Å². The van der Waals surface area contributed by atoms with Gasteiger partial charge in [0.15, 0.2) is 11.6 Å². The second-order valence-electron chi connectivity index (χ2n) is 2.61. The Labute approximate surface area is 68.6 Å². The van der Waals surface area contributed by atoms with Crippen molar-refractivity contribution >= 4 is 0 Å². The minimum Gasteiger partial charge on any atom is -0.505 e. The molecule has 0 aliphatic rings. The topological polar surface area (TPSA) is 46.2 Å². The van der Waals surface area contributed by atoms with E-state index in [1.807, 2.05) is 0 Å². The van der Waals surface area contributed by atoms with E-state index in [0.717, 1.165) is 6.07 Å². The fraction of sp³-hybridized carbons (Fsp3) is 0.250. The molecule has 1 aromatic carbocycles. The number of phenols is 1. The Hall–Kier alpha value is -1.16. The highest BCUT2D eigenvalue weighted by Gasteiger charge is 2.12. The van der Waals surface area contributed by atoms with Crippen LogP contribution in [0.2, 0.25) is 0 Å². The van der Waals surface area contributed by atoms with Gasteiger partial charge < -0.3 is 10.8 Å². The van der Waals surface area contributed by atoms with Crippen molar-refractivity contribution in [2.24, 2.45) is 5.73 Å². The molecule has 0 amide bonds. The SMILES string of the molecule is C[C@@H](N)c1cc(F)cc(F)c1O. The summed E-state index contributed by atoms with van der Waals surface area (Å²) in [5.74, 6) is -2.30. The summed E-state index contributed by atoms with van der Waals surface area (Å²) in [7, 11) is 0. The number of hydrogen-bond donors (Lipinski definition) is 2. The minimum atomic E-state index is -0.984. The zero-order valence-electron chi connectivity index (χ0n) is 6.51. The lowest BCUT2D eigenvalue weighted by atomic mass is 10.1. The number of benzene rings is 1. The summed E-state index contributed by atoms with van der Waals surface area (Å²) in [5.41, 5.74) is 5.44. The number of halogens is 2. The molecule has 1 rings (SSSR count). The zero-order chi connectivity index (χ0) is 9.30. The van der Waals surface area contributed by atoms with Crippen molar-refractivity contribution in [2.45, 2.75) is 13.0 Å². The molecule has 0 aliphatic carbocycles. The standard InChI is InChI=1S/C8H9F2NO/c1-4(11)6-2-5(9)3-7(10)8(6)12/h2-4,12H,11H2,1H3/t4-/m1/s1. The number of nitrogens with two attached hydrogens (primary N) is 1. The van der Waals surface area contributed by atoms with Gasteiger partial charge in [-0.3, -0.25) is 0 Å². The second-order valence-corrected chi connectivity index (χ2v) is 2.61. The van der Waals surface area contributed by atoms with Crippen LogP contribution in [-0.4, -0.2) is 5.11 Å². The molecule has 0 aliphatic heterocycles. The Balaban J connectivity index is 3.28.